The number of carbonyl (C=O) groups excluding carboxylic acids is 1. The van der Waals surface area contributed by atoms with E-state index in [-0.39, 0.29) is 11.8 Å². The maximum atomic E-state index is 12.7. The molecule has 1 aromatic carbocycles. The molecule has 0 saturated carbocycles. The predicted molar refractivity (Wildman–Crippen MR) is 130 cm³/mol. The number of carbonyl (C=O) groups is 1. The van der Waals surface area contributed by atoms with Gasteiger partial charge in [0.15, 0.2) is 0 Å². The van der Waals surface area contributed by atoms with Crippen LogP contribution in [0.1, 0.15) is 16.9 Å². The van der Waals surface area contributed by atoms with Gasteiger partial charge >= 0.3 is 0 Å². The third kappa shape index (κ3) is 7.17. The zero-order chi connectivity index (χ0) is 22.9. The Balaban J connectivity index is 1.21. The molecule has 2 aliphatic rings. The SMILES string of the molecule is COc1ccc2c(c1)CC(C(=O)NCCCN(CCN1CCOCC1)Cc1cccs1)CO2. The number of morpholine rings is 1. The molecule has 1 unspecified atom stereocenters. The number of amides is 1. The van der Waals surface area contributed by atoms with E-state index in [0.29, 0.717) is 19.6 Å². The number of hydrogen-bond acceptors (Lipinski definition) is 7. The molecule has 33 heavy (non-hydrogen) atoms. The normalized spacial score (nSPS) is 18.5. The molecule has 3 heterocycles. The summed E-state index contributed by atoms with van der Waals surface area (Å²) in [5.41, 5.74) is 1.03. The molecular weight excluding hydrogens is 438 g/mol. The van der Waals surface area contributed by atoms with Crippen molar-refractivity contribution in [2.45, 2.75) is 19.4 Å². The molecular formula is C25H35N3O4S. The molecule has 180 valence electrons. The number of thiophene rings is 1. The fraction of sp³-hybridized carbons (Fsp3) is 0.560. The number of nitrogens with one attached hydrogen (secondary N) is 1. The van der Waals surface area contributed by atoms with Crippen LogP contribution < -0.4 is 14.8 Å². The van der Waals surface area contributed by atoms with Crippen LogP contribution >= 0.6 is 11.3 Å². The summed E-state index contributed by atoms with van der Waals surface area (Å²) in [5, 5.41) is 5.26. The lowest BCUT2D eigenvalue weighted by Gasteiger charge is -2.30. The van der Waals surface area contributed by atoms with Crippen LogP contribution in [0.25, 0.3) is 0 Å². The van der Waals surface area contributed by atoms with Crippen LogP contribution in [0.15, 0.2) is 35.7 Å². The van der Waals surface area contributed by atoms with Crippen molar-refractivity contribution in [1.82, 2.24) is 15.1 Å². The second-order valence-electron chi connectivity index (χ2n) is 8.64. The zero-order valence-corrected chi connectivity index (χ0v) is 20.3. The Morgan fingerprint density at radius 3 is 2.94 bits per heavy atom. The lowest BCUT2D eigenvalue weighted by Crippen LogP contribution is -2.42. The summed E-state index contributed by atoms with van der Waals surface area (Å²) in [6.45, 7) is 8.81. The van der Waals surface area contributed by atoms with E-state index in [1.165, 1.54) is 4.88 Å². The van der Waals surface area contributed by atoms with E-state index in [4.69, 9.17) is 14.2 Å². The molecule has 1 N–H and O–H groups in total. The number of benzene rings is 1. The molecule has 0 spiro atoms. The van der Waals surface area contributed by atoms with Gasteiger partial charge in [-0.25, -0.2) is 0 Å². The Labute approximate surface area is 200 Å². The van der Waals surface area contributed by atoms with Crippen LogP contribution in [0.5, 0.6) is 11.5 Å². The summed E-state index contributed by atoms with van der Waals surface area (Å²) >= 11 is 1.80. The molecule has 1 aromatic heterocycles. The quantitative estimate of drug-likeness (QED) is 0.507. The van der Waals surface area contributed by atoms with Gasteiger partial charge in [-0.2, -0.15) is 0 Å². The minimum Gasteiger partial charge on any atom is -0.497 e. The van der Waals surface area contributed by atoms with E-state index in [2.05, 4.69) is 32.6 Å². The summed E-state index contributed by atoms with van der Waals surface area (Å²) in [4.78, 5) is 19.1. The number of rotatable bonds is 11. The average Bonchev–Trinajstić information content (AvgIpc) is 3.37. The number of methoxy groups -OCH3 is 1. The van der Waals surface area contributed by atoms with Gasteiger partial charge in [0.2, 0.25) is 5.91 Å². The van der Waals surface area contributed by atoms with Gasteiger partial charge in [-0.15, -0.1) is 11.3 Å². The van der Waals surface area contributed by atoms with Crippen LogP contribution in [0.2, 0.25) is 0 Å². The molecule has 1 atom stereocenters. The summed E-state index contributed by atoms with van der Waals surface area (Å²) < 4.78 is 16.6. The first-order valence-corrected chi connectivity index (χ1v) is 12.7. The van der Waals surface area contributed by atoms with Crippen LogP contribution in [-0.4, -0.2) is 81.9 Å². The second-order valence-corrected chi connectivity index (χ2v) is 9.67. The summed E-state index contributed by atoms with van der Waals surface area (Å²) in [6.07, 6.45) is 1.61. The van der Waals surface area contributed by atoms with Crippen molar-refractivity contribution < 1.29 is 19.0 Å². The Kier molecular flexibility index (Phi) is 9.00. The average molecular weight is 474 g/mol. The smallest absolute Gasteiger partial charge is 0.226 e. The van der Waals surface area contributed by atoms with Crippen LogP contribution in [0.4, 0.5) is 0 Å². The molecule has 1 saturated heterocycles. The van der Waals surface area contributed by atoms with Gasteiger partial charge in [0.25, 0.3) is 0 Å². The van der Waals surface area contributed by atoms with E-state index in [1.807, 2.05) is 18.2 Å². The van der Waals surface area contributed by atoms with Crippen LogP contribution in [-0.2, 0) is 22.5 Å². The van der Waals surface area contributed by atoms with Crippen LogP contribution in [0.3, 0.4) is 0 Å². The highest BCUT2D eigenvalue weighted by molar-refractivity contribution is 7.09. The maximum Gasteiger partial charge on any atom is 0.226 e. The molecule has 1 fully saturated rings. The van der Waals surface area contributed by atoms with E-state index >= 15 is 0 Å². The first kappa shape index (κ1) is 24.0. The molecule has 4 rings (SSSR count). The van der Waals surface area contributed by atoms with Crippen molar-refractivity contribution in [3.63, 3.8) is 0 Å². The van der Waals surface area contributed by atoms with E-state index in [1.54, 1.807) is 18.4 Å². The van der Waals surface area contributed by atoms with Gasteiger partial charge in [0.1, 0.15) is 18.1 Å². The summed E-state index contributed by atoms with van der Waals surface area (Å²) in [7, 11) is 1.65. The Morgan fingerprint density at radius 2 is 2.15 bits per heavy atom. The zero-order valence-electron chi connectivity index (χ0n) is 19.5. The molecule has 0 aliphatic carbocycles. The van der Waals surface area contributed by atoms with Gasteiger partial charge in [-0.3, -0.25) is 14.6 Å². The van der Waals surface area contributed by atoms with E-state index in [9.17, 15) is 4.79 Å². The Morgan fingerprint density at radius 1 is 1.27 bits per heavy atom. The standard InChI is InChI=1S/C25H35N3O4S/c1-30-22-5-6-24-20(17-22)16-21(19-32-24)25(29)26-7-3-8-28(18-23-4-2-15-33-23)10-9-27-11-13-31-14-12-27/h2,4-6,15,17,21H,3,7-14,16,18-19H2,1H3,(H,26,29). The van der Waals surface area contributed by atoms with Gasteiger partial charge in [-0.1, -0.05) is 6.07 Å². The Bertz CT molecular complexity index is 871. The molecule has 2 aromatic rings. The van der Waals surface area contributed by atoms with Crippen molar-refractivity contribution >= 4 is 17.2 Å². The number of nitrogens with zero attached hydrogens (tertiary/aromatic N) is 2. The number of hydrogen-bond donors (Lipinski definition) is 1. The second kappa shape index (κ2) is 12.4. The van der Waals surface area contributed by atoms with Crippen LogP contribution in [0, 0.1) is 5.92 Å². The molecule has 7 nitrogen and oxygen atoms in total. The highest BCUT2D eigenvalue weighted by Crippen LogP contribution is 2.30. The first-order chi connectivity index (χ1) is 16.2. The van der Waals surface area contributed by atoms with Crippen molar-refractivity contribution in [1.29, 1.82) is 0 Å². The largest absolute Gasteiger partial charge is 0.497 e. The molecule has 1 amide bonds. The van der Waals surface area contributed by atoms with Crippen molar-refractivity contribution in [2.75, 3.05) is 66.2 Å². The lowest BCUT2D eigenvalue weighted by molar-refractivity contribution is -0.126. The number of ether oxygens (including phenoxy) is 3. The third-order valence-electron chi connectivity index (χ3n) is 6.29. The highest BCUT2D eigenvalue weighted by atomic mass is 32.1. The molecule has 8 heteroatoms. The first-order valence-electron chi connectivity index (χ1n) is 11.8. The fourth-order valence-electron chi connectivity index (χ4n) is 4.33. The third-order valence-corrected chi connectivity index (χ3v) is 7.15. The van der Waals surface area contributed by atoms with E-state index in [0.717, 1.165) is 76.0 Å². The summed E-state index contributed by atoms with van der Waals surface area (Å²) in [5.74, 6) is 1.56. The summed E-state index contributed by atoms with van der Waals surface area (Å²) in [6, 6.07) is 10.1. The van der Waals surface area contributed by atoms with Crippen molar-refractivity contribution in [2.24, 2.45) is 5.92 Å². The predicted octanol–water partition coefficient (Wildman–Crippen LogP) is 2.65. The maximum absolute atomic E-state index is 12.7. The van der Waals surface area contributed by atoms with Crippen molar-refractivity contribution in [3.05, 3.63) is 46.2 Å². The lowest BCUT2D eigenvalue weighted by atomic mass is 9.96. The minimum absolute atomic E-state index is 0.0709. The molecule has 0 radical (unpaired) electrons. The van der Waals surface area contributed by atoms with Gasteiger partial charge in [0.05, 0.1) is 26.2 Å². The number of fused-ring (bicyclic) bond motifs is 1. The van der Waals surface area contributed by atoms with Gasteiger partial charge < -0.3 is 19.5 Å². The van der Waals surface area contributed by atoms with E-state index < -0.39 is 0 Å². The highest BCUT2D eigenvalue weighted by Gasteiger charge is 2.26. The Hall–Kier alpha value is -2.13. The molecule has 0 bridgehead atoms. The van der Waals surface area contributed by atoms with Gasteiger partial charge in [-0.05, 0) is 48.1 Å². The van der Waals surface area contributed by atoms with Gasteiger partial charge in [0, 0.05) is 50.7 Å². The monoisotopic (exact) mass is 473 g/mol. The molecule has 2 aliphatic heterocycles. The van der Waals surface area contributed by atoms with Crippen molar-refractivity contribution in [3.8, 4) is 11.5 Å². The fourth-order valence-corrected chi connectivity index (χ4v) is 5.07. The minimum atomic E-state index is -0.159. The topological polar surface area (TPSA) is 63.3 Å².